The summed E-state index contributed by atoms with van der Waals surface area (Å²) < 4.78 is 19.3. The molecule has 0 aliphatic carbocycles. The van der Waals surface area contributed by atoms with Crippen LogP contribution in [-0.2, 0) is 11.3 Å². The number of nitriles is 1. The summed E-state index contributed by atoms with van der Waals surface area (Å²) in [5.74, 6) is 0.144. The molecule has 2 atom stereocenters. The molecule has 0 spiro atoms. The fourth-order valence-electron chi connectivity index (χ4n) is 7.70. The largest absolute Gasteiger partial charge is 0.353 e. The van der Waals surface area contributed by atoms with Gasteiger partial charge in [0.25, 0.3) is 0 Å². The first kappa shape index (κ1) is 34.1. The zero-order valence-corrected chi connectivity index (χ0v) is 30.3. The minimum atomic E-state index is -0.462. The lowest BCUT2D eigenvalue weighted by molar-refractivity contribution is -0.130. The molecule has 4 aromatic rings. The number of rotatable bonds is 8. The average molecular weight is 696 g/mol. The fourth-order valence-corrected chi connectivity index (χ4v) is 7.99. The van der Waals surface area contributed by atoms with E-state index in [1.54, 1.807) is 11.0 Å². The van der Waals surface area contributed by atoms with Gasteiger partial charge in [-0.25, -0.2) is 9.37 Å². The molecule has 7 rings (SSSR count). The van der Waals surface area contributed by atoms with E-state index in [0.717, 1.165) is 51.8 Å². The van der Waals surface area contributed by atoms with E-state index in [1.807, 2.05) is 62.1 Å². The molecule has 1 amide bonds. The highest BCUT2D eigenvalue weighted by Crippen LogP contribution is 2.45. The number of fused-ring (bicyclic) bond motifs is 4. The maximum Gasteiger partial charge on any atom is 0.246 e. The van der Waals surface area contributed by atoms with Gasteiger partial charge in [0.1, 0.15) is 11.3 Å². The standard InChI is InChI=1S/C38H43ClFN9O/c1-22-14-24-17-42-18-29(24)33(23(22)2)34-31(39)16-28-36(35(34)40)44-38(47-20-27(21-47)46(5)6)30-19-43-49(37(28)30)26-10-13-48(25(15-26)9-11-41)32(50)8-7-12-45(3)4/h7-8,14,16,18-19,25-27H,9-10,12-13,15,17,20-21H2,1-6H3/b8-7+/t25-,26+/m1/s1. The van der Waals surface area contributed by atoms with Gasteiger partial charge in [0.15, 0.2) is 5.82 Å². The molecule has 260 valence electrons. The van der Waals surface area contributed by atoms with Crippen molar-refractivity contribution in [3.63, 3.8) is 0 Å². The Morgan fingerprint density at radius 1 is 1.16 bits per heavy atom. The van der Waals surface area contributed by atoms with E-state index in [1.165, 1.54) is 0 Å². The van der Waals surface area contributed by atoms with Crippen LogP contribution in [-0.4, -0.2) is 108 Å². The third-order valence-electron chi connectivity index (χ3n) is 10.7. The quantitative estimate of drug-likeness (QED) is 0.212. The van der Waals surface area contributed by atoms with Crippen molar-refractivity contribution >= 4 is 51.3 Å². The zero-order valence-electron chi connectivity index (χ0n) is 29.5. The van der Waals surface area contributed by atoms with Crippen LogP contribution in [0.3, 0.4) is 0 Å². The number of likely N-dealkylation sites (N-methyl/N-ethyl adjacent to an activating group) is 2. The van der Waals surface area contributed by atoms with E-state index >= 15 is 4.39 Å². The number of piperidine rings is 1. The number of nitrogens with zero attached hydrogens (tertiary/aromatic N) is 9. The summed E-state index contributed by atoms with van der Waals surface area (Å²) in [6, 6.07) is 6.21. The second kappa shape index (κ2) is 13.4. The van der Waals surface area contributed by atoms with E-state index < -0.39 is 5.82 Å². The van der Waals surface area contributed by atoms with Gasteiger partial charge >= 0.3 is 0 Å². The first-order valence-corrected chi connectivity index (χ1v) is 17.6. The second-order valence-electron chi connectivity index (χ2n) is 14.4. The number of carbonyl (C=O) groups excluding carboxylic acids is 1. The number of carbonyl (C=O) groups is 1. The van der Waals surface area contributed by atoms with Gasteiger partial charge in [0.2, 0.25) is 5.91 Å². The van der Waals surface area contributed by atoms with Crippen LogP contribution < -0.4 is 4.90 Å². The Morgan fingerprint density at radius 2 is 1.94 bits per heavy atom. The maximum atomic E-state index is 17.3. The van der Waals surface area contributed by atoms with E-state index in [9.17, 15) is 10.1 Å². The lowest BCUT2D eigenvalue weighted by atomic mass is 9.88. The summed E-state index contributed by atoms with van der Waals surface area (Å²) in [5.41, 5.74) is 6.09. The number of amides is 1. The van der Waals surface area contributed by atoms with Crippen LogP contribution in [0, 0.1) is 31.0 Å². The number of hydrogen-bond donors (Lipinski definition) is 0. The van der Waals surface area contributed by atoms with Gasteiger partial charge in [-0.1, -0.05) is 23.7 Å². The van der Waals surface area contributed by atoms with Crippen molar-refractivity contribution in [2.24, 2.45) is 4.99 Å². The fraction of sp³-hybridized carbons (Fsp3) is 0.447. The first-order chi connectivity index (χ1) is 24.0. The van der Waals surface area contributed by atoms with Crippen LogP contribution in [0.5, 0.6) is 0 Å². The third kappa shape index (κ3) is 5.83. The minimum Gasteiger partial charge on any atom is -0.353 e. The van der Waals surface area contributed by atoms with Crippen LogP contribution in [0.15, 0.2) is 35.5 Å². The molecule has 0 radical (unpaired) electrons. The molecular formula is C38H43ClFN9O. The number of pyridine rings is 1. The number of aliphatic imine (C=N–C) groups is 1. The molecule has 0 bridgehead atoms. The van der Waals surface area contributed by atoms with Crippen molar-refractivity contribution in [3.8, 4) is 17.2 Å². The molecule has 2 aromatic carbocycles. The molecule has 0 unspecified atom stereocenters. The highest BCUT2D eigenvalue weighted by Gasteiger charge is 2.36. The summed E-state index contributed by atoms with van der Waals surface area (Å²) in [4.78, 5) is 30.9. The number of benzene rings is 2. The molecule has 2 fully saturated rings. The van der Waals surface area contributed by atoms with Gasteiger partial charge in [-0.3, -0.25) is 14.5 Å². The molecule has 12 heteroatoms. The average Bonchev–Trinajstić information content (AvgIpc) is 3.70. The van der Waals surface area contributed by atoms with Gasteiger partial charge in [-0.15, -0.1) is 0 Å². The Morgan fingerprint density at radius 3 is 2.66 bits per heavy atom. The van der Waals surface area contributed by atoms with Crippen molar-refractivity contribution in [1.82, 2.24) is 29.5 Å². The number of aryl methyl sites for hydroxylation is 1. The Kier molecular flexibility index (Phi) is 9.14. The number of hydrogen-bond acceptors (Lipinski definition) is 8. The number of aromatic nitrogens is 3. The highest BCUT2D eigenvalue weighted by molar-refractivity contribution is 6.35. The first-order valence-electron chi connectivity index (χ1n) is 17.2. The maximum absolute atomic E-state index is 17.3. The van der Waals surface area contributed by atoms with Crippen LogP contribution in [0.1, 0.15) is 47.6 Å². The Hall–Kier alpha value is -4.37. The third-order valence-corrected chi connectivity index (χ3v) is 11.0. The Bertz CT molecular complexity index is 2110. The number of likely N-dealkylation sites (tertiary alicyclic amines) is 1. The monoisotopic (exact) mass is 695 g/mol. The van der Waals surface area contributed by atoms with Crippen molar-refractivity contribution in [1.29, 1.82) is 5.26 Å². The summed E-state index contributed by atoms with van der Waals surface area (Å²) in [6.07, 6.45) is 8.50. The van der Waals surface area contributed by atoms with Crippen LogP contribution in [0.4, 0.5) is 10.2 Å². The lowest BCUT2D eigenvalue weighted by Gasteiger charge is -2.43. The molecule has 50 heavy (non-hydrogen) atoms. The molecule has 3 aliphatic rings. The van der Waals surface area contributed by atoms with Gasteiger partial charge < -0.3 is 19.6 Å². The van der Waals surface area contributed by atoms with Gasteiger partial charge in [0, 0.05) is 67.1 Å². The number of anilines is 1. The van der Waals surface area contributed by atoms with Crippen LogP contribution in [0.2, 0.25) is 5.02 Å². The predicted molar refractivity (Wildman–Crippen MR) is 198 cm³/mol. The topological polar surface area (TPSA) is 96.9 Å². The SMILES string of the molecule is Cc1cc2c(c(-c3c(Cl)cc4c(nc(N5CC(N(C)C)C5)c5cnn([C@H]6CCN(C(=O)/C=C/CN(C)C)[C@H](CC#N)C6)c54)c3F)c1C)C=NC2. The van der Waals surface area contributed by atoms with Crippen molar-refractivity contribution < 1.29 is 9.18 Å². The van der Waals surface area contributed by atoms with Gasteiger partial charge in [-0.05, 0) is 83.2 Å². The van der Waals surface area contributed by atoms with Crippen LogP contribution >= 0.6 is 11.6 Å². The molecule has 10 nitrogen and oxygen atoms in total. The van der Waals surface area contributed by atoms with Crippen molar-refractivity contribution in [3.05, 3.63) is 63.6 Å². The van der Waals surface area contributed by atoms with Crippen molar-refractivity contribution in [2.45, 2.75) is 57.8 Å². The van der Waals surface area contributed by atoms with Crippen molar-refractivity contribution in [2.75, 3.05) is 59.3 Å². The van der Waals surface area contributed by atoms with E-state index in [4.69, 9.17) is 21.7 Å². The molecule has 0 saturated carbocycles. The molecule has 2 aromatic heterocycles. The second-order valence-corrected chi connectivity index (χ2v) is 14.8. The molecule has 5 heterocycles. The molecular weight excluding hydrogens is 653 g/mol. The van der Waals surface area contributed by atoms with E-state index in [0.29, 0.717) is 60.3 Å². The van der Waals surface area contributed by atoms with E-state index in [-0.39, 0.29) is 29.9 Å². The Labute approximate surface area is 297 Å². The minimum absolute atomic E-state index is 0.0922. The van der Waals surface area contributed by atoms with Gasteiger partial charge in [-0.2, -0.15) is 10.4 Å². The van der Waals surface area contributed by atoms with E-state index in [2.05, 4.69) is 41.0 Å². The summed E-state index contributed by atoms with van der Waals surface area (Å²) in [5, 5.41) is 16.4. The Balaban J connectivity index is 1.37. The summed E-state index contributed by atoms with van der Waals surface area (Å²) in [7, 11) is 8.03. The molecule has 3 aliphatic heterocycles. The smallest absolute Gasteiger partial charge is 0.246 e. The lowest BCUT2D eigenvalue weighted by Crippen LogP contribution is -2.57. The molecule has 2 saturated heterocycles. The normalized spacial score (nSPS) is 19.4. The predicted octanol–water partition coefficient (Wildman–Crippen LogP) is 5.91. The van der Waals surface area contributed by atoms with Gasteiger partial charge in [0.05, 0.1) is 47.2 Å². The zero-order chi connectivity index (χ0) is 35.4. The highest BCUT2D eigenvalue weighted by atomic mass is 35.5. The number of halogens is 2. The summed E-state index contributed by atoms with van der Waals surface area (Å²) >= 11 is 7.10. The summed E-state index contributed by atoms with van der Waals surface area (Å²) in [6.45, 7) is 7.26. The molecule has 0 N–H and O–H groups in total. The van der Waals surface area contributed by atoms with Crippen LogP contribution in [0.25, 0.3) is 32.9 Å².